The second-order valence-electron chi connectivity index (χ2n) is 3.20. The van der Waals surface area contributed by atoms with E-state index in [1.165, 1.54) is 11.3 Å². The average molecular weight is 239 g/mol. The molecule has 2 heterocycles. The predicted octanol–water partition coefficient (Wildman–Crippen LogP) is 1.06. The lowest BCUT2D eigenvalue weighted by Gasteiger charge is -2.19. The first-order valence-electron chi connectivity index (χ1n) is 4.74. The monoisotopic (exact) mass is 239 g/mol. The van der Waals surface area contributed by atoms with E-state index in [9.17, 15) is 14.4 Å². The van der Waals surface area contributed by atoms with Crippen LogP contribution in [0, 0.1) is 5.92 Å². The number of ketones is 1. The van der Waals surface area contributed by atoms with Crippen molar-refractivity contribution in [1.82, 2.24) is 0 Å². The Morgan fingerprint density at radius 2 is 2.31 bits per heavy atom. The average Bonchev–Trinajstić information content (AvgIpc) is 2.66. The van der Waals surface area contributed by atoms with Crippen LogP contribution in [0.2, 0.25) is 0 Å². The van der Waals surface area contributed by atoms with Crippen molar-refractivity contribution in [3.05, 3.63) is 16.3 Å². The molecule has 1 aliphatic rings. The fourth-order valence-electron chi connectivity index (χ4n) is 1.49. The summed E-state index contributed by atoms with van der Waals surface area (Å²) in [5.41, 5.74) is 0.473. The van der Waals surface area contributed by atoms with E-state index in [1.54, 1.807) is 18.4 Å². The van der Waals surface area contributed by atoms with Crippen LogP contribution >= 0.6 is 11.3 Å². The summed E-state index contributed by atoms with van der Waals surface area (Å²) >= 11 is 1.20. The van der Waals surface area contributed by atoms with Crippen molar-refractivity contribution in [2.24, 2.45) is 5.92 Å². The zero-order valence-electron chi connectivity index (χ0n) is 8.48. The Morgan fingerprint density at radius 1 is 1.56 bits per heavy atom. The van der Waals surface area contributed by atoms with Crippen LogP contribution in [0.15, 0.2) is 11.4 Å². The molecule has 0 aromatic carbocycles. The number of carbonyl (C=O) groups is 3. The molecule has 1 aliphatic heterocycles. The van der Waals surface area contributed by atoms with Crippen LogP contribution in [0.25, 0.3) is 0 Å². The molecule has 1 unspecified atom stereocenters. The van der Waals surface area contributed by atoms with Gasteiger partial charge in [-0.3, -0.25) is 14.4 Å². The minimum atomic E-state index is -1.36. The molecule has 1 atom stereocenters. The summed E-state index contributed by atoms with van der Waals surface area (Å²) in [5, 5.41) is 4.20. The van der Waals surface area contributed by atoms with Crippen LogP contribution in [0.4, 0.5) is 5.69 Å². The topological polar surface area (TPSA) is 72.5 Å². The first kappa shape index (κ1) is 10.8. The number of hydrogen-bond donors (Lipinski definition) is 1. The summed E-state index contributed by atoms with van der Waals surface area (Å²) < 4.78 is 4.70. The van der Waals surface area contributed by atoms with Gasteiger partial charge in [0.05, 0.1) is 17.2 Å². The first-order chi connectivity index (χ1) is 7.65. The molecule has 0 fully saturated rings. The Balaban J connectivity index is 2.33. The van der Waals surface area contributed by atoms with Gasteiger partial charge in [0.2, 0.25) is 5.91 Å². The molecular weight excluding hydrogens is 230 g/mol. The normalized spacial score (nSPS) is 18.9. The molecule has 1 aromatic rings. The van der Waals surface area contributed by atoms with E-state index < -0.39 is 23.6 Å². The van der Waals surface area contributed by atoms with Gasteiger partial charge in [-0.15, -0.1) is 11.3 Å². The molecule has 5 nitrogen and oxygen atoms in total. The maximum Gasteiger partial charge on any atom is 0.326 e. The van der Waals surface area contributed by atoms with E-state index in [0.717, 1.165) is 0 Å². The number of nitrogens with one attached hydrogen (secondary N) is 1. The fraction of sp³-hybridized carbons (Fsp3) is 0.300. The minimum Gasteiger partial charge on any atom is -0.465 e. The van der Waals surface area contributed by atoms with Gasteiger partial charge in [-0.1, -0.05) is 0 Å². The summed E-state index contributed by atoms with van der Waals surface area (Å²) in [7, 11) is 0. The van der Waals surface area contributed by atoms with E-state index in [0.29, 0.717) is 10.6 Å². The standard InChI is InChI=1S/C10H9NO4S/c1-2-15-10(14)6-7(12)8-5(3-4-16-8)11-9(6)13/h3-4,6H,2H2,1H3,(H,11,13). The van der Waals surface area contributed by atoms with Crippen molar-refractivity contribution in [2.45, 2.75) is 6.92 Å². The lowest BCUT2D eigenvalue weighted by Crippen LogP contribution is -2.40. The SMILES string of the molecule is CCOC(=O)C1C(=O)Nc2ccsc2C1=O. The molecule has 1 aromatic heterocycles. The maximum atomic E-state index is 11.9. The molecule has 0 aliphatic carbocycles. The molecule has 6 heteroatoms. The van der Waals surface area contributed by atoms with Crippen molar-refractivity contribution in [3.8, 4) is 0 Å². The summed E-state index contributed by atoms with van der Waals surface area (Å²) in [5.74, 6) is -3.24. The van der Waals surface area contributed by atoms with Crippen molar-refractivity contribution >= 4 is 34.7 Å². The van der Waals surface area contributed by atoms with Crippen LogP contribution in [-0.2, 0) is 14.3 Å². The Labute approximate surface area is 95.4 Å². The number of amides is 1. The highest BCUT2D eigenvalue weighted by molar-refractivity contribution is 7.13. The summed E-state index contributed by atoms with van der Waals surface area (Å²) in [6.45, 7) is 1.77. The van der Waals surface area contributed by atoms with Crippen molar-refractivity contribution in [2.75, 3.05) is 11.9 Å². The molecule has 0 bridgehead atoms. The second kappa shape index (κ2) is 4.05. The Hall–Kier alpha value is -1.69. The Kier molecular flexibility index (Phi) is 2.74. The van der Waals surface area contributed by atoms with Gasteiger partial charge in [-0.05, 0) is 18.4 Å². The Bertz CT molecular complexity index is 465. The van der Waals surface area contributed by atoms with Gasteiger partial charge in [0.1, 0.15) is 0 Å². The molecule has 0 radical (unpaired) electrons. The molecule has 1 amide bonds. The van der Waals surface area contributed by atoms with E-state index in [1.807, 2.05) is 0 Å². The number of thiophene rings is 1. The molecule has 0 saturated heterocycles. The number of Topliss-reactive ketones (excluding diaryl/α,β-unsaturated/α-hetero) is 1. The van der Waals surface area contributed by atoms with Crippen LogP contribution in [0.5, 0.6) is 0 Å². The van der Waals surface area contributed by atoms with Gasteiger partial charge in [0, 0.05) is 0 Å². The van der Waals surface area contributed by atoms with E-state index in [-0.39, 0.29) is 6.61 Å². The number of fused-ring (bicyclic) bond motifs is 1. The highest BCUT2D eigenvalue weighted by Gasteiger charge is 2.41. The third kappa shape index (κ3) is 1.61. The minimum absolute atomic E-state index is 0.146. The number of anilines is 1. The summed E-state index contributed by atoms with van der Waals surface area (Å²) in [6.07, 6.45) is 0. The summed E-state index contributed by atoms with van der Waals surface area (Å²) in [6, 6.07) is 1.64. The lowest BCUT2D eigenvalue weighted by molar-refractivity contribution is -0.148. The van der Waals surface area contributed by atoms with E-state index >= 15 is 0 Å². The molecule has 16 heavy (non-hydrogen) atoms. The number of rotatable bonds is 2. The van der Waals surface area contributed by atoms with Crippen molar-refractivity contribution in [3.63, 3.8) is 0 Å². The van der Waals surface area contributed by atoms with Crippen LogP contribution < -0.4 is 5.32 Å². The van der Waals surface area contributed by atoms with Gasteiger partial charge in [-0.25, -0.2) is 0 Å². The van der Waals surface area contributed by atoms with Gasteiger partial charge in [-0.2, -0.15) is 0 Å². The highest BCUT2D eigenvalue weighted by atomic mass is 32.1. The predicted molar refractivity (Wildman–Crippen MR) is 57.4 cm³/mol. The van der Waals surface area contributed by atoms with E-state index in [2.05, 4.69) is 5.32 Å². The zero-order valence-corrected chi connectivity index (χ0v) is 9.30. The quantitative estimate of drug-likeness (QED) is 0.618. The molecule has 1 N–H and O–H groups in total. The number of carbonyl (C=O) groups excluding carboxylic acids is 3. The van der Waals surface area contributed by atoms with E-state index in [4.69, 9.17) is 4.74 Å². The number of ether oxygens (including phenoxy) is 1. The van der Waals surface area contributed by atoms with Gasteiger partial charge in [0.25, 0.3) is 0 Å². The molecule has 0 spiro atoms. The van der Waals surface area contributed by atoms with Crippen LogP contribution in [0.1, 0.15) is 16.6 Å². The smallest absolute Gasteiger partial charge is 0.326 e. The number of hydrogen-bond acceptors (Lipinski definition) is 5. The van der Waals surface area contributed by atoms with Gasteiger partial charge in [0.15, 0.2) is 11.7 Å². The summed E-state index contributed by atoms with van der Waals surface area (Å²) in [4.78, 5) is 35.3. The first-order valence-corrected chi connectivity index (χ1v) is 5.62. The van der Waals surface area contributed by atoms with Gasteiger partial charge >= 0.3 is 5.97 Å². The second-order valence-corrected chi connectivity index (χ2v) is 4.12. The highest BCUT2D eigenvalue weighted by Crippen LogP contribution is 2.30. The third-order valence-corrected chi connectivity index (χ3v) is 3.12. The zero-order chi connectivity index (χ0) is 11.7. The maximum absolute atomic E-state index is 11.9. The molecule has 0 saturated carbocycles. The number of esters is 1. The van der Waals surface area contributed by atoms with Gasteiger partial charge < -0.3 is 10.1 Å². The lowest BCUT2D eigenvalue weighted by atomic mass is 9.98. The van der Waals surface area contributed by atoms with Crippen LogP contribution in [-0.4, -0.2) is 24.3 Å². The fourth-order valence-corrected chi connectivity index (χ4v) is 2.31. The largest absolute Gasteiger partial charge is 0.465 e. The van der Waals surface area contributed by atoms with Crippen molar-refractivity contribution in [1.29, 1.82) is 0 Å². The molecule has 2 rings (SSSR count). The molecular formula is C10H9NO4S. The van der Waals surface area contributed by atoms with Crippen LogP contribution in [0.3, 0.4) is 0 Å². The third-order valence-electron chi connectivity index (χ3n) is 2.19. The Morgan fingerprint density at radius 3 is 3.00 bits per heavy atom. The van der Waals surface area contributed by atoms with Crippen molar-refractivity contribution < 1.29 is 19.1 Å². The molecule has 84 valence electrons.